The molecular weight excluding hydrogens is 460 g/mol. The minimum Gasteiger partial charge on any atom is -0.337 e. The average molecular weight is 501 g/mol. The molecule has 1 aliphatic rings. The Balaban J connectivity index is 1.56. The highest BCUT2D eigenvalue weighted by Gasteiger charge is 2.37. The van der Waals surface area contributed by atoms with Crippen molar-refractivity contribution >= 4 is 22.6 Å². The van der Waals surface area contributed by atoms with Crippen molar-refractivity contribution in [1.29, 1.82) is 0 Å². The van der Waals surface area contributed by atoms with Gasteiger partial charge in [0.15, 0.2) is 0 Å². The van der Waals surface area contributed by atoms with Crippen LogP contribution < -0.4 is 5.32 Å². The SMILES string of the molecule is CN[C@H](Cc1ccc2ccccc2c1)C(=O)N(C)C(Cc1ccccc1)C(=O)N1CCC[C@H]1CN(C)C. The molecule has 0 spiro atoms. The summed E-state index contributed by atoms with van der Waals surface area (Å²) in [6.07, 6.45) is 3.06. The van der Waals surface area contributed by atoms with Crippen LogP contribution in [0.15, 0.2) is 72.8 Å². The molecule has 1 aliphatic heterocycles. The smallest absolute Gasteiger partial charge is 0.246 e. The van der Waals surface area contributed by atoms with Gasteiger partial charge in [-0.15, -0.1) is 0 Å². The molecule has 3 aromatic carbocycles. The second-order valence-electron chi connectivity index (χ2n) is 10.5. The number of fused-ring (bicyclic) bond motifs is 1. The fraction of sp³-hybridized carbons (Fsp3) is 0.419. The van der Waals surface area contributed by atoms with Crippen LogP contribution in [0.1, 0.15) is 24.0 Å². The predicted octanol–water partition coefficient (Wildman–Crippen LogP) is 3.59. The van der Waals surface area contributed by atoms with Gasteiger partial charge in [-0.3, -0.25) is 9.59 Å². The molecule has 2 amide bonds. The number of rotatable bonds is 10. The minimum atomic E-state index is -0.551. The Morgan fingerprint density at radius 1 is 0.919 bits per heavy atom. The van der Waals surface area contributed by atoms with Gasteiger partial charge in [-0.05, 0) is 62.3 Å². The van der Waals surface area contributed by atoms with Crippen LogP contribution in [0.2, 0.25) is 0 Å². The summed E-state index contributed by atoms with van der Waals surface area (Å²) < 4.78 is 0. The van der Waals surface area contributed by atoms with E-state index in [1.165, 1.54) is 5.39 Å². The first kappa shape index (κ1) is 26.8. The van der Waals surface area contributed by atoms with Crippen molar-refractivity contribution in [2.45, 2.75) is 43.8 Å². The van der Waals surface area contributed by atoms with Crippen molar-refractivity contribution in [2.24, 2.45) is 0 Å². The number of carbonyl (C=O) groups is 2. The highest BCUT2D eigenvalue weighted by Crippen LogP contribution is 2.23. The summed E-state index contributed by atoms with van der Waals surface area (Å²) in [4.78, 5) is 33.7. The molecule has 0 aromatic heterocycles. The molecule has 1 unspecified atom stereocenters. The van der Waals surface area contributed by atoms with Crippen LogP contribution in [0.4, 0.5) is 0 Å². The van der Waals surface area contributed by atoms with E-state index in [1.54, 1.807) is 11.9 Å². The third kappa shape index (κ3) is 6.56. The van der Waals surface area contributed by atoms with Crippen molar-refractivity contribution in [3.05, 3.63) is 83.9 Å². The van der Waals surface area contributed by atoms with Crippen LogP contribution in [0.3, 0.4) is 0 Å². The second kappa shape index (κ2) is 12.3. The lowest BCUT2D eigenvalue weighted by Gasteiger charge is -2.36. The molecule has 4 rings (SSSR count). The summed E-state index contributed by atoms with van der Waals surface area (Å²) in [5, 5.41) is 5.56. The number of nitrogens with zero attached hydrogens (tertiary/aromatic N) is 3. The Kier molecular flexibility index (Phi) is 8.95. The van der Waals surface area contributed by atoms with E-state index in [0.717, 1.165) is 42.4 Å². The molecule has 6 heteroatoms. The topological polar surface area (TPSA) is 55.9 Å². The van der Waals surface area contributed by atoms with Gasteiger partial charge in [-0.2, -0.15) is 0 Å². The van der Waals surface area contributed by atoms with Crippen molar-refractivity contribution in [2.75, 3.05) is 41.3 Å². The average Bonchev–Trinajstić information content (AvgIpc) is 3.37. The normalized spacial score (nSPS) is 17.2. The van der Waals surface area contributed by atoms with Gasteiger partial charge in [0, 0.05) is 32.6 Å². The zero-order chi connectivity index (χ0) is 26.4. The molecule has 0 saturated carbocycles. The van der Waals surface area contributed by atoms with E-state index in [-0.39, 0.29) is 17.9 Å². The van der Waals surface area contributed by atoms with Crippen LogP contribution in [0.5, 0.6) is 0 Å². The van der Waals surface area contributed by atoms with Gasteiger partial charge in [0.1, 0.15) is 6.04 Å². The van der Waals surface area contributed by atoms with Gasteiger partial charge in [-0.1, -0.05) is 72.8 Å². The molecule has 6 nitrogen and oxygen atoms in total. The molecule has 1 N–H and O–H groups in total. The maximum absolute atomic E-state index is 14.0. The zero-order valence-electron chi connectivity index (χ0n) is 22.6. The standard InChI is InChI=1S/C31H40N4O2/c1-32-28(20-24-16-17-25-13-8-9-14-26(25)19-24)30(36)34(4)29(21-23-11-6-5-7-12-23)31(37)35-18-10-15-27(35)22-33(2)3/h5-9,11-14,16-17,19,27-29,32H,10,15,18,20-22H2,1-4H3/t27-,28+,29?/m0/s1. The first-order valence-electron chi connectivity index (χ1n) is 13.3. The number of benzene rings is 3. The van der Waals surface area contributed by atoms with Crippen molar-refractivity contribution in [3.8, 4) is 0 Å². The monoisotopic (exact) mass is 500 g/mol. The van der Waals surface area contributed by atoms with E-state index in [2.05, 4.69) is 40.5 Å². The van der Waals surface area contributed by atoms with Gasteiger partial charge in [0.25, 0.3) is 0 Å². The summed E-state index contributed by atoms with van der Waals surface area (Å²) in [6, 6.07) is 23.8. The number of hydrogen-bond acceptors (Lipinski definition) is 4. The molecule has 0 aliphatic carbocycles. The van der Waals surface area contributed by atoms with E-state index in [0.29, 0.717) is 12.8 Å². The number of nitrogens with one attached hydrogen (secondary N) is 1. The molecule has 1 heterocycles. The Labute approximate surface area is 221 Å². The molecule has 3 atom stereocenters. The lowest BCUT2D eigenvalue weighted by molar-refractivity contribution is -0.146. The molecular formula is C31H40N4O2. The van der Waals surface area contributed by atoms with Crippen LogP contribution in [-0.2, 0) is 22.4 Å². The summed E-state index contributed by atoms with van der Waals surface area (Å²) >= 11 is 0. The van der Waals surface area contributed by atoms with Gasteiger partial charge in [-0.25, -0.2) is 0 Å². The molecule has 0 radical (unpaired) electrons. The number of amides is 2. The van der Waals surface area contributed by atoms with Gasteiger partial charge in [0.05, 0.1) is 6.04 Å². The summed E-state index contributed by atoms with van der Waals surface area (Å²) in [6.45, 7) is 1.58. The molecule has 1 fully saturated rings. The maximum atomic E-state index is 14.0. The number of likely N-dealkylation sites (tertiary alicyclic amines) is 1. The lowest BCUT2D eigenvalue weighted by atomic mass is 9.99. The van der Waals surface area contributed by atoms with Crippen molar-refractivity contribution in [1.82, 2.24) is 20.0 Å². The van der Waals surface area contributed by atoms with Crippen molar-refractivity contribution < 1.29 is 9.59 Å². The van der Waals surface area contributed by atoms with Crippen LogP contribution in [-0.4, -0.2) is 85.9 Å². The largest absolute Gasteiger partial charge is 0.337 e. The number of carbonyl (C=O) groups excluding carboxylic acids is 2. The van der Waals surface area contributed by atoms with Crippen molar-refractivity contribution in [3.63, 3.8) is 0 Å². The van der Waals surface area contributed by atoms with Gasteiger partial charge >= 0.3 is 0 Å². The highest BCUT2D eigenvalue weighted by molar-refractivity contribution is 5.90. The van der Waals surface area contributed by atoms with E-state index in [4.69, 9.17) is 0 Å². The zero-order valence-corrected chi connectivity index (χ0v) is 22.6. The maximum Gasteiger partial charge on any atom is 0.246 e. The summed E-state index contributed by atoms with van der Waals surface area (Å²) in [7, 11) is 7.69. The number of likely N-dealkylation sites (N-methyl/N-ethyl adjacent to an activating group) is 3. The minimum absolute atomic E-state index is 0.0459. The molecule has 3 aromatic rings. The Bertz CT molecular complexity index is 1200. The first-order valence-corrected chi connectivity index (χ1v) is 13.3. The second-order valence-corrected chi connectivity index (χ2v) is 10.5. The molecule has 196 valence electrons. The lowest BCUT2D eigenvalue weighted by Crippen LogP contribution is -2.56. The fourth-order valence-electron chi connectivity index (χ4n) is 5.47. The van der Waals surface area contributed by atoms with E-state index < -0.39 is 12.1 Å². The summed E-state index contributed by atoms with van der Waals surface area (Å²) in [5.74, 6) is -0.0158. The molecule has 0 bridgehead atoms. The Morgan fingerprint density at radius 3 is 2.32 bits per heavy atom. The quantitative estimate of drug-likeness (QED) is 0.462. The number of hydrogen-bond donors (Lipinski definition) is 1. The van der Waals surface area contributed by atoms with Crippen LogP contribution in [0, 0.1) is 0 Å². The predicted molar refractivity (Wildman–Crippen MR) is 150 cm³/mol. The summed E-state index contributed by atoms with van der Waals surface area (Å²) in [5.41, 5.74) is 2.15. The fourth-order valence-corrected chi connectivity index (χ4v) is 5.47. The third-order valence-corrected chi connectivity index (χ3v) is 7.51. The van der Waals surface area contributed by atoms with E-state index >= 15 is 0 Å². The molecule has 1 saturated heterocycles. The van der Waals surface area contributed by atoms with Crippen LogP contribution >= 0.6 is 0 Å². The van der Waals surface area contributed by atoms with E-state index in [9.17, 15) is 9.59 Å². The highest BCUT2D eigenvalue weighted by atomic mass is 16.2. The third-order valence-electron chi connectivity index (χ3n) is 7.51. The molecule has 37 heavy (non-hydrogen) atoms. The van der Waals surface area contributed by atoms with Gasteiger partial charge < -0.3 is 20.0 Å². The van der Waals surface area contributed by atoms with Crippen LogP contribution in [0.25, 0.3) is 10.8 Å². The first-order chi connectivity index (χ1) is 17.9. The Hall–Kier alpha value is -3.22. The Morgan fingerprint density at radius 2 is 1.62 bits per heavy atom. The van der Waals surface area contributed by atoms with E-state index in [1.807, 2.05) is 68.5 Å². The van der Waals surface area contributed by atoms with Gasteiger partial charge in [0.2, 0.25) is 11.8 Å².